The average molecular weight is 327 g/mol. The Morgan fingerprint density at radius 2 is 2.18 bits per heavy atom. The van der Waals surface area contributed by atoms with E-state index in [1.165, 1.54) is 11.1 Å². The topological polar surface area (TPSA) is 50.4 Å². The molecule has 2 N–H and O–H groups in total. The monoisotopic (exact) mass is 326 g/mol. The van der Waals surface area contributed by atoms with Gasteiger partial charge in [-0.2, -0.15) is 0 Å². The van der Waals surface area contributed by atoms with E-state index in [0.29, 0.717) is 19.6 Å². The van der Waals surface area contributed by atoms with Crippen molar-refractivity contribution in [3.8, 4) is 0 Å². The predicted octanol–water partition coefficient (Wildman–Crippen LogP) is 2.23. The van der Waals surface area contributed by atoms with Crippen LogP contribution >= 0.6 is 12.4 Å². The van der Waals surface area contributed by atoms with E-state index >= 15 is 0 Å². The molecule has 1 aliphatic rings. The van der Waals surface area contributed by atoms with Crippen LogP contribution in [0.1, 0.15) is 30.4 Å². The zero-order valence-electron chi connectivity index (χ0n) is 13.5. The fourth-order valence-corrected chi connectivity index (χ4v) is 2.97. The lowest BCUT2D eigenvalue weighted by Gasteiger charge is -2.29. The van der Waals surface area contributed by atoms with Gasteiger partial charge in [0.15, 0.2) is 0 Å². The first-order valence-electron chi connectivity index (χ1n) is 7.70. The van der Waals surface area contributed by atoms with Crippen molar-refractivity contribution in [2.75, 3.05) is 26.8 Å². The number of benzene rings is 1. The molecule has 1 fully saturated rings. The van der Waals surface area contributed by atoms with E-state index in [9.17, 15) is 4.79 Å². The average Bonchev–Trinajstić information content (AvgIpc) is 2.94. The van der Waals surface area contributed by atoms with Crippen molar-refractivity contribution in [3.63, 3.8) is 0 Å². The summed E-state index contributed by atoms with van der Waals surface area (Å²) in [4.78, 5) is 12.1. The second-order valence-corrected chi connectivity index (χ2v) is 5.95. The highest BCUT2D eigenvalue weighted by atomic mass is 35.5. The van der Waals surface area contributed by atoms with Gasteiger partial charge >= 0.3 is 0 Å². The third-order valence-electron chi connectivity index (χ3n) is 4.26. The number of hydrogen-bond donors (Lipinski definition) is 2. The highest BCUT2D eigenvalue weighted by Crippen LogP contribution is 2.19. The zero-order chi connectivity index (χ0) is 15.1. The van der Waals surface area contributed by atoms with E-state index in [-0.39, 0.29) is 23.9 Å². The molecule has 0 spiro atoms. The molecule has 0 bridgehead atoms. The molecule has 1 amide bonds. The number of nitrogens with one attached hydrogen (secondary N) is 2. The standard InChI is InChI=1S/C17H26N2O2.ClH/c1-14-6-3-4-7-15(14)8-9-16(20)18-12-17(13-21-2)10-5-11-19-17;/h3-4,6-7,19H,5,8-13H2,1-2H3,(H,18,20);1H. The van der Waals surface area contributed by atoms with Crippen LogP contribution in [-0.4, -0.2) is 38.3 Å². The quantitative estimate of drug-likeness (QED) is 0.808. The molecular formula is C17H27ClN2O2. The molecule has 1 aromatic carbocycles. The molecule has 1 unspecified atom stereocenters. The maximum atomic E-state index is 12.1. The van der Waals surface area contributed by atoms with Crippen LogP contribution in [0.4, 0.5) is 0 Å². The van der Waals surface area contributed by atoms with Gasteiger partial charge in [0.25, 0.3) is 0 Å². The highest BCUT2D eigenvalue weighted by molar-refractivity contribution is 5.85. The zero-order valence-corrected chi connectivity index (χ0v) is 14.3. The Labute approximate surface area is 139 Å². The molecule has 1 aromatic rings. The van der Waals surface area contributed by atoms with E-state index in [0.717, 1.165) is 25.8 Å². The van der Waals surface area contributed by atoms with Crippen molar-refractivity contribution < 1.29 is 9.53 Å². The van der Waals surface area contributed by atoms with Gasteiger partial charge in [0.2, 0.25) is 5.91 Å². The molecule has 5 heteroatoms. The van der Waals surface area contributed by atoms with Crippen molar-refractivity contribution >= 4 is 18.3 Å². The van der Waals surface area contributed by atoms with Crippen LogP contribution in [0.15, 0.2) is 24.3 Å². The summed E-state index contributed by atoms with van der Waals surface area (Å²) >= 11 is 0. The minimum Gasteiger partial charge on any atom is -0.383 e. The van der Waals surface area contributed by atoms with Crippen LogP contribution in [0.5, 0.6) is 0 Å². The Morgan fingerprint density at radius 3 is 2.82 bits per heavy atom. The molecule has 0 saturated carbocycles. The van der Waals surface area contributed by atoms with Crippen LogP contribution in [0.3, 0.4) is 0 Å². The summed E-state index contributed by atoms with van der Waals surface area (Å²) in [5, 5.41) is 6.53. The van der Waals surface area contributed by atoms with Crippen molar-refractivity contribution in [1.29, 1.82) is 0 Å². The van der Waals surface area contributed by atoms with Gasteiger partial charge in [-0.05, 0) is 43.9 Å². The summed E-state index contributed by atoms with van der Waals surface area (Å²) in [6.07, 6.45) is 3.53. The minimum absolute atomic E-state index is 0. The first-order chi connectivity index (χ1) is 10.2. The van der Waals surface area contributed by atoms with Crippen LogP contribution in [0, 0.1) is 6.92 Å². The fourth-order valence-electron chi connectivity index (χ4n) is 2.97. The number of carbonyl (C=O) groups is 1. The third kappa shape index (κ3) is 5.27. The van der Waals surface area contributed by atoms with Gasteiger partial charge in [0, 0.05) is 20.1 Å². The maximum absolute atomic E-state index is 12.1. The largest absolute Gasteiger partial charge is 0.383 e. The Kier molecular flexibility index (Phi) is 7.87. The van der Waals surface area contributed by atoms with E-state index in [4.69, 9.17) is 4.74 Å². The van der Waals surface area contributed by atoms with Crippen LogP contribution in [0.2, 0.25) is 0 Å². The van der Waals surface area contributed by atoms with Crippen LogP contribution in [0.25, 0.3) is 0 Å². The number of aryl methyl sites for hydroxylation is 2. The van der Waals surface area contributed by atoms with Gasteiger partial charge in [-0.15, -0.1) is 12.4 Å². The van der Waals surface area contributed by atoms with E-state index < -0.39 is 0 Å². The van der Waals surface area contributed by atoms with Gasteiger partial charge in [-0.25, -0.2) is 0 Å². The van der Waals surface area contributed by atoms with Gasteiger partial charge < -0.3 is 15.4 Å². The van der Waals surface area contributed by atoms with Crippen molar-refractivity contribution in [3.05, 3.63) is 35.4 Å². The normalized spacial score (nSPS) is 20.5. The summed E-state index contributed by atoms with van der Waals surface area (Å²) in [5.41, 5.74) is 2.42. The van der Waals surface area contributed by atoms with Crippen molar-refractivity contribution in [1.82, 2.24) is 10.6 Å². The second kappa shape index (κ2) is 9.13. The minimum atomic E-state index is -0.0763. The number of ether oxygens (including phenoxy) is 1. The van der Waals surface area contributed by atoms with Gasteiger partial charge in [0.05, 0.1) is 12.1 Å². The molecule has 2 rings (SSSR count). The predicted molar refractivity (Wildman–Crippen MR) is 91.6 cm³/mol. The number of methoxy groups -OCH3 is 1. The number of rotatable bonds is 7. The number of carbonyl (C=O) groups excluding carboxylic acids is 1. The smallest absolute Gasteiger partial charge is 0.220 e. The Balaban J connectivity index is 0.00000242. The summed E-state index contributed by atoms with van der Waals surface area (Å²) < 4.78 is 5.29. The lowest BCUT2D eigenvalue weighted by atomic mass is 9.98. The Bertz CT molecular complexity index is 473. The Morgan fingerprint density at radius 1 is 1.41 bits per heavy atom. The van der Waals surface area contributed by atoms with Crippen molar-refractivity contribution in [2.24, 2.45) is 0 Å². The van der Waals surface area contributed by atoms with Crippen LogP contribution in [-0.2, 0) is 16.0 Å². The SMILES string of the molecule is COCC1(CNC(=O)CCc2ccccc2C)CCCN1.Cl. The third-order valence-corrected chi connectivity index (χ3v) is 4.26. The summed E-state index contributed by atoms with van der Waals surface area (Å²) in [6, 6.07) is 8.23. The van der Waals surface area contributed by atoms with E-state index in [1.807, 2.05) is 12.1 Å². The first-order valence-corrected chi connectivity index (χ1v) is 7.70. The molecule has 1 heterocycles. The summed E-state index contributed by atoms with van der Waals surface area (Å²) in [7, 11) is 1.71. The molecular weight excluding hydrogens is 300 g/mol. The number of amides is 1. The molecule has 22 heavy (non-hydrogen) atoms. The molecule has 124 valence electrons. The lowest BCUT2D eigenvalue weighted by Crippen LogP contribution is -2.53. The Hall–Kier alpha value is -1.10. The molecule has 1 aliphatic heterocycles. The summed E-state index contributed by atoms with van der Waals surface area (Å²) in [5.74, 6) is 0.113. The first kappa shape index (κ1) is 18.9. The molecule has 0 radical (unpaired) electrons. The van der Waals surface area contributed by atoms with Gasteiger partial charge in [-0.1, -0.05) is 24.3 Å². The number of hydrogen-bond acceptors (Lipinski definition) is 3. The van der Waals surface area contributed by atoms with E-state index in [1.54, 1.807) is 7.11 Å². The van der Waals surface area contributed by atoms with Gasteiger partial charge in [-0.3, -0.25) is 4.79 Å². The second-order valence-electron chi connectivity index (χ2n) is 5.95. The van der Waals surface area contributed by atoms with Gasteiger partial charge in [0.1, 0.15) is 0 Å². The molecule has 4 nitrogen and oxygen atoms in total. The molecule has 1 atom stereocenters. The lowest BCUT2D eigenvalue weighted by molar-refractivity contribution is -0.121. The molecule has 0 aliphatic carbocycles. The molecule has 1 saturated heterocycles. The fraction of sp³-hybridized carbons (Fsp3) is 0.588. The van der Waals surface area contributed by atoms with Crippen LogP contribution < -0.4 is 10.6 Å². The number of halogens is 1. The van der Waals surface area contributed by atoms with Crippen molar-refractivity contribution in [2.45, 2.75) is 38.1 Å². The molecule has 0 aromatic heterocycles. The maximum Gasteiger partial charge on any atom is 0.220 e. The highest BCUT2D eigenvalue weighted by Gasteiger charge is 2.33. The summed E-state index contributed by atoms with van der Waals surface area (Å²) in [6.45, 7) is 4.38. The van der Waals surface area contributed by atoms with E-state index in [2.05, 4.69) is 29.7 Å².